The molecule has 0 atom stereocenters. The summed E-state index contributed by atoms with van der Waals surface area (Å²) >= 11 is 0. The number of pyridine rings is 1. The molecular formula is C15H15N3O2. The summed E-state index contributed by atoms with van der Waals surface area (Å²) in [5, 5.41) is 8.79. The van der Waals surface area contributed by atoms with Crippen LogP contribution in [0.5, 0.6) is 0 Å². The third-order valence-electron chi connectivity index (χ3n) is 2.96. The second-order valence-electron chi connectivity index (χ2n) is 4.53. The number of likely N-dealkylation sites (N-methyl/N-ethyl adjacent to an activating group) is 1. The molecule has 0 N–H and O–H groups in total. The molecule has 5 heteroatoms. The number of carbonyl (C=O) groups is 1. The Kier molecular flexibility index (Phi) is 4.16. The van der Waals surface area contributed by atoms with Crippen molar-refractivity contribution in [3.05, 3.63) is 53.2 Å². The summed E-state index contributed by atoms with van der Waals surface area (Å²) < 4.78 is 5.46. The Labute approximate surface area is 117 Å². The molecule has 5 nitrogen and oxygen atoms in total. The molecule has 2 rings (SSSR count). The lowest BCUT2D eigenvalue weighted by Gasteiger charge is -2.16. The van der Waals surface area contributed by atoms with Crippen molar-refractivity contribution in [2.75, 3.05) is 13.6 Å². The van der Waals surface area contributed by atoms with E-state index in [0.717, 1.165) is 11.5 Å². The van der Waals surface area contributed by atoms with Crippen molar-refractivity contribution in [3.63, 3.8) is 0 Å². The van der Waals surface area contributed by atoms with Crippen LogP contribution in [0.3, 0.4) is 0 Å². The smallest absolute Gasteiger partial charge is 0.253 e. The summed E-state index contributed by atoms with van der Waals surface area (Å²) in [6, 6.07) is 8.84. The number of nitrogens with zero attached hydrogens (tertiary/aromatic N) is 3. The minimum atomic E-state index is -0.132. The molecule has 0 fully saturated rings. The molecule has 1 amide bonds. The second kappa shape index (κ2) is 6.02. The van der Waals surface area contributed by atoms with Crippen LogP contribution >= 0.6 is 0 Å². The van der Waals surface area contributed by atoms with Gasteiger partial charge in [0.2, 0.25) is 0 Å². The Balaban J connectivity index is 1.99. The zero-order valence-electron chi connectivity index (χ0n) is 11.5. The number of hydrogen-bond acceptors (Lipinski definition) is 4. The minimum absolute atomic E-state index is 0.132. The van der Waals surface area contributed by atoms with E-state index in [1.54, 1.807) is 18.0 Å². The predicted octanol–water partition coefficient (Wildman–Crippen LogP) is 2.17. The number of carbonyl (C=O) groups excluding carboxylic acids is 1. The van der Waals surface area contributed by atoms with Crippen LogP contribution in [0.4, 0.5) is 0 Å². The highest BCUT2D eigenvalue weighted by Gasteiger charge is 2.13. The molecule has 2 aromatic heterocycles. The van der Waals surface area contributed by atoms with Crippen molar-refractivity contribution in [3.8, 4) is 6.07 Å². The number of furan rings is 1. The summed E-state index contributed by atoms with van der Waals surface area (Å²) in [5.41, 5.74) is 0.709. The van der Waals surface area contributed by atoms with Gasteiger partial charge in [-0.15, -0.1) is 0 Å². The highest BCUT2D eigenvalue weighted by atomic mass is 16.3. The first-order chi connectivity index (χ1) is 9.60. The van der Waals surface area contributed by atoms with Crippen molar-refractivity contribution in [1.29, 1.82) is 5.26 Å². The van der Waals surface area contributed by atoms with Crippen molar-refractivity contribution in [1.82, 2.24) is 9.88 Å². The highest BCUT2D eigenvalue weighted by molar-refractivity contribution is 5.94. The van der Waals surface area contributed by atoms with E-state index in [0.29, 0.717) is 18.5 Å². The summed E-state index contributed by atoms with van der Waals surface area (Å²) in [5.74, 6) is 1.59. The molecule has 0 aliphatic carbocycles. The number of nitriles is 1. The highest BCUT2D eigenvalue weighted by Crippen LogP contribution is 2.09. The first-order valence-corrected chi connectivity index (χ1v) is 6.27. The standard InChI is InChI=1S/C15H15N3O2/c1-11-3-4-14(20-11)6-8-18(2)15(19)12-5-7-17-13(9-12)10-16/h3-5,7,9H,6,8H2,1-2H3. The van der Waals surface area contributed by atoms with Crippen LogP contribution in [0.2, 0.25) is 0 Å². The monoisotopic (exact) mass is 269 g/mol. The van der Waals surface area contributed by atoms with Gasteiger partial charge in [-0.1, -0.05) is 0 Å². The number of hydrogen-bond donors (Lipinski definition) is 0. The van der Waals surface area contributed by atoms with Gasteiger partial charge in [0.15, 0.2) is 0 Å². The normalized spacial score (nSPS) is 10.1. The summed E-state index contributed by atoms with van der Waals surface area (Å²) in [7, 11) is 1.73. The van der Waals surface area contributed by atoms with Gasteiger partial charge in [-0.3, -0.25) is 4.79 Å². The summed E-state index contributed by atoms with van der Waals surface area (Å²) in [6.07, 6.45) is 2.13. The van der Waals surface area contributed by atoms with Gasteiger partial charge >= 0.3 is 0 Å². The Bertz CT molecular complexity index is 655. The summed E-state index contributed by atoms with van der Waals surface area (Å²) in [6.45, 7) is 2.44. The lowest BCUT2D eigenvalue weighted by atomic mass is 10.2. The maximum atomic E-state index is 12.2. The van der Waals surface area contributed by atoms with Crippen LogP contribution < -0.4 is 0 Å². The van der Waals surface area contributed by atoms with Crippen molar-refractivity contribution in [2.24, 2.45) is 0 Å². The lowest BCUT2D eigenvalue weighted by Crippen LogP contribution is -2.28. The van der Waals surface area contributed by atoms with Crippen LogP contribution in [0, 0.1) is 18.3 Å². The molecular weight excluding hydrogens is 254 g/mol. The number of rotatable bonds is 4. The van der Waals surface area contributed by atoms with E-state index < -0.39 is 0 Å². The van der Waals surface area contributed by atoms with Gasteiger partial charge in [0.25, 0.3) is 5.91 Å². The Morgan fingerprint density at radius 1 is 1.45 bits per heavy atom. The van der Waals surface area contributed by atoms with Crippen LogP contribution in [0.1, 0.15) is 27.6 Å². The fourth-order valence-electron chi connectivity index (χ4n) is 1.84. The maximum Gasteiger partial charge on any atom is 0.253 e. The van der Waals surface area contributed by atoms with Gasteiger partial charge in [-0.25, -0.2) is 4.98 Å². The topological polar surface area (TPSA) is 70.1 Å². The average molecular weight is 269 g/mol. The number of amides is 1. The van der Waals surface area contributed by atoms with Crippen molar-refractivity contribution in [2.45, 2.75) is 13.3 Å². The maximum absolute atomic E-state index is 12.2. The van der Waals surface area contributed by atoms with Crippen LogP contribution in [0.15, 0.2) is 34.9 Å². The van der Waals surface area contributed by atoms with Gasteiger partial charge in [0, 0.05) is 31.8 Å². The van der Waals surface area contributed by atoms with Crippen LogP contribution in [0.25, 0.3) is 0 Å². The first kappa shape index (κ1) is 13.8. The molecule has 0 bridgehead atoms. The van der Waals surface area contributed by atoms with Gasteiger partial charge in [-0.05, 0) is 31.2 Å². The molecule has 2 heterocycles. The van der Waals surface area contributed by atoms with E-state index in [-0.39, 0.29) is 11.6 Å². The Morgan fingerprint density at radius 3 is 2.90 bits per heavy atom. The van der Waals surface area contributed by atoms with E-state index in [4.69, 9.17) is 9.68 Å². The SMILES string of the molecule is Cc1ccc(CCN(C)C(=O)c2ccnc(C#N)c2)o1. The quantitative estimate of drug-likeness (QED) is 0.852. The minimum Gasteiger partial charge on any atom is -0.466 e. The molecule has 2 aromatic rings. The van der Waals surface area contributed by atoms with Gasteiger partial charge < -0.3 is 9.32 Å². The fraction of sp³-hybridized carbons (Fsp3) is 0.267. The third kappa shape index (κ3) is 3.23. The molecule has 0 saturated carbocycles. The van der Waals surface area contributed by atoms with E-state index in [1.807, 2.05) is 25.1 Å². The second-order valence-corrected chi connectivity index (χ2v) is 4.53. The zero-order valence-corrected chi connectivity index (χ0v) is 11.5. The van der Waals surface area contributed by atoms with Crippen molar-refractivity contribution >= 4 is 5.91 Å². The number of aromatic nitrogens is 1. The lowest BCUT2D eigenvalue weighted by molar-refractivity contribution is 0.0795. The first-order valence-electron chi connectivity index (χ1n) is 6.27. The number of aryl methyl sites for hydroxylation is 1. The third-order valence-corrected chi connectivity index (χ3v) is 2.96. The van der Waals surface area contributed by atoms with E-state index in [9.17, 15) is 4.79 Å². The molecule has 0 radical (unpaired) electrons. The fourth-order valence-corrected chi connectivity index (χ4v) is 1.84. The molecule has 0 aromatic carbocycles. The zero-order chi connectivity index (χ0) is 14.5. The summed E-state index contributed by atoms with van der Waals surface area (Å²) in [4.78, 5) is 17.7. The van der Waals surface area contributed by atoms with Gasteiger partial charge in [0.1, 0.15) is 23.3 Å². The molecule has 102 valence electrons. The molecule has 0 aliphatic heterocycles. The molecule has 20 heavy (non-hydrogen) atoms. The molecule has 0 aliphatic rings. The van der Waals surface area contributed by atoms with E-state index >= 15 is 0 Å². The van der Waals surface area contributed by atoms with Gasteiger partial charge in [0.05, 0.1) is 0 Å². The largest absolute Gasteiger partial charge is 0.466 e. The van der Waals surface area contributed by atoms with E-state index in [2.05, 4.69) is 4.98 Å². The molecule has 0 spiro atoms. The van der Waals surface area contributed by atoms with Gasteiger partial charge in [-0.2, -0.15) is 5.26 Å². The van der Waals surface area contributed by atoms with Crippen LogP contribution in [-0.4, -0.2) is 29.4 Å². The Hall–Kier alpha value is -2.61. The predicted molar refractivity (Wildman–Crippen MR) is 73.1 cm³/mol. The molecule has 0 saturated heterocycles. The van der Waals surface area contributed by atoms with E-state index in [1.165, 1.54) is 12.3 Å². The molecule has 0 unspecified atom stereocenters. The average Bonchev–Trinajstić information content (AvgIpc) is 2.89. The van der Waals surface area contributed by atoms with Crippen LogP contribution in [-0.2, 0) is 6.42 Å². The Morgan fingerprint density at radius 2 is 2.25 bits per heavy atom. The van der Waals surface area contributed by atoms with Crippen molar-refractivity contribution < 1.29 is 9.21 Å².